The van der Waals surface area contributed by atoms with Crippen LogP contribution >= 0.6 is 0 Å². The van der Waals surface area contributed by atoms with E-state index in [9.17, 15) is 19.2 Å². The maximum Gasteiger partial charge on any atom is 0.426 e. The van der Waals surface area contributed by atoms with E-state index in [4.69, 9.17) is 9.47 Å². The van der Waals surface area contributed by atoms with Gasteiger partial charge in [-0.25, -0.2) is 10.2 Å². The zero-order valence-corrected chi connectivity index (χ0v) is 22.2. The molecule has 1 heterocycles. The molecule has 0 radical (unpaired) electrons. The fourth-order valence-electron chi connectivity index (χ4n) is 4.07. The van der Waals surface area contributed by atoms with E-state index in [2.05, 4.69) is 35.3 Å². The van der Waals surface area contributed by atoms with Crippen molar-refractivity contribution in [3.05, 3.63) is 0 Å². The van der Waals surface area contributed by atoms with Gasteiger partial charge < -0.3 is 14.8 Å². The molecule has 4 atom stereocenters. The maximum absolute atomic E-state index is 13.1. The minimum Gasteiger partial charge on any atom is -0.459 e. The molecule has 10 nitrogen and oxygen atoms in total. The molecule has 0 unspecified atom stereocenters. The maximum atomic E-state index is 13.1. The van der Waals surface area contributed by atoms with Crippen molar-refractivity contribution < 1.29 is 28.7 Å². The van der Waals surface area contributed by atoms with Gasteiger partial charge in [0, 0.05) is 19.0 Å². The van der Waals surface area contributed by atoms with Gasteiger partial charge in [-0.05, 0) is 60.3 Å². The summed E-state index contributed by atoms with van der Waals surface area (Å²) >= 11 is 0. The van der Waals surface area contributed by atoms with Crippen molar-refractivity contribution in [1.82, 2.24) is 21.5 Å². The molecule has 0 saturated carbocycles. The summed E-state index contributed by atoms with van der Waals surface area (Å²) in [5.74, 6) is -1.52. The molecular formula is C24H44N4O6. The monoisotopic (exact) mass is 484 g/mol. The molecule has 34 heavy (non-hydrogen) atoms. The number of rotatable bonds is 8. The van der Waals surface area contributed by atoms with Crippen LogP contribution in [0.2, 0.25) is 0 Å². The van der Waals surface area contributed by atoms with Crippen LogP contribution in [0.25, 0.3) is 0 Å². The third-order valence-electron chi connectivity index (χ3n) is 5.60. The van der Waals surface area contributed by atoms with Crippen molar-refractivity contribution in [2.24, 2.45) is 11.8 Å². The number of carbonyl (C=O) groups excluding carboxylic acids is 4. The highest BCUT2D eigenvalue weighted by Gasteiger charge is 2.46. The Bertz CT molecular complexity index is 724. The molecule has 0 aromatic rings. The minimum atomic E-state index is -0.789. The molecule has 0 aromatic carbocycles. The second-order valence-corrected chi connectivity index (χ2v) is 11.0. The molecule has 0 spiro atoms. The first-order valence-corrected chi connectivity index (χ1v) is 12.1. The summed E-state index contributed by atoms with van der Waals surface area (Å²) in [6.45, 7) is 16.1. The summed E-state index contributed by atoms with van der Waals surface area (Å²) < 4.78 is 10.7. The lowest BCUT2D eigenvalue weighted by atomic mass is 9.85. The van der Waals surface area contributed by atoms with E-state index in [-0.39, 0.29) is 18.4 Å². The number of hydrogen-bond donors (Lipinski definition) is 4. The van der Waals surface area contributed by atoms with Crippen LogP contribution in [0.4, 0.5) is 4.79 Å². The average molecular weight is 485 g/mol. The van der Waals surface area contributed by atoms with Crippen LogP contribution in [-0.4, -0.2) is 53.2 Å². The van der Waals surface area contributed by atoms with E-state index >= 15 is 0 Å². The van der Waals surface area contributed by atoms with E-state index < -0.39 is 47.2 Å². The van der Waals surface area contributed by atoms with E-state index in [1.807, 2.05) is 0 Å². The number of hydrazine groups is 1. The van der Waals surface area contributed by atoms with Gasteiger partial charge in [-0.15, -0.1) is 0 Å². The molecule has 3 amide bonds. The van der Waals surface area contributed by atoms with Gasteiger partial charge in [-0.2, -0.15) is 0 Å². The Labute approximate surface area is 203 Å². The highest BCUT2D eigenvalue weighted by Crippen LogP contribution is 2.29. The van der Waals surface area contributed by atoms with E-state index in [0.29, 0.717) is 12.3 Å². The number of amides is 3. The normalized spacial score (nSPS) is 21.5. The number of carbonyl (C=O) groups is 4. The summed E-state index contributed by atoms with van der Waals surface area (Å²) in [6, 6.07) is -1.63. The van der Waals surface area contributed by atoms with Crippen molar-refractivity contribution in [3.63, 3.8) is 0 Å². The highest BCUT2D eigenvalue weighted by atomic mass is 16.6. The van der Waals surface area contributed by atoms with Crippen LogP contribution in [0.3, 0.4) is 0 Å². The Morgan fingerprint density at radius 2 is 1.50 bits per heavy atom. The smallest absolute Gasteiger partial charge is 0.426 e. The molecule has 0 aromatic heterocycles. The number of nitrogens with one attached hydrogen (secondary N) is 4. The van der Waals surface area contributed by atoms with Gasteiger partial charge in [0.15, 0.2) is 0 Å². The third kappa shape index (κ3) is 10.3. The molecule has 1 aliphatic heterocycles. The molecule has 1 rings (SSSR count). The highest BCUT2D eigenvalue weighted by molar-refractivity contribution is 5.85. The predicted molar refractivity (Wildman–Crippen MR) is 128 cm³/mol. The van der Waals surface area contributed by atoms with Crippen LogP contribution in [0.5, 0.6) is 0 Å². The van der Waals surface area contributed by atoms with Crippen LogP contribution in [0, 0.1) is 11.8 Å². The predicted octanol–water partition coefficient (Wildman–Crippen LogP) is 2.56. The molecule has 1 fully saturated rings. The molecule has 1 aliphatic rings. The standard InChI is InChI=1S/C24H44N4O6/c1-10-15(11-2)12-17(25-14(3)29)19-16(13-18(26-19)21(31)33-23(4,5)6)20(30)27-28-22(32)34-24(7,8)9/h15-19,26H,10-13H2,1-9H3,(H,25,29)(H,27,30)(H,28,32)/t16-,17+,18-,19-/m1/s1. The van der Waals surface area contributed by atoms with Gasteiger partial charge in [0.05, 0.1) is 5.92 Å². The molecule has 10 heteroatoms. The van der Waals surface area contributed by atoms with Crippen molar-refractivity contribution >= 4 is 23.9 Å². The lowest BCUT2D eigenvalue weighted by Gasteiger charge is -2.31. The lowest BCUT2D eigenvalue weighted by Crippen LogP contribution is -2.56. The zero-order valence-electron chi connectivity index (χ0n) is 22.2. The van der Waals surface area contributed by atoms with E-state index in [0.717, 1.165) is 12.8 Å². The Hall–Kier alpha value is -2.36. The van der Waals surface area contributed by atoms with E-state index in [1.54, 1.807) is 41.5 Å². The summed E-state index contributed by atoms with van der Waals surface area (Å²) in [6.07, 6.45) is 1.87. The summed E-state index contributed by atoms with van der Waals surface area (Å²) in [5, 5.41) is 6.20. The van der Waals surface area contributed by atoms with Crippen molar-refractivity contribution in [2.75, 3.05) is 0 Å². The Balaban J connectivity index is 3.11. The van der Waals surface area contributed by atoms with Crippen LogP contribution in [0.1, 0.15) is 88.0 Å². The third-order valence-corrected chi connectivity index (χ3v) is 5.60. The van der Waals surface area contributed by atoms with Crippen LogP contribution < -0.4 is 21.5 Å². The quantitative estimate of drug-likeness (QED) is 0.307. The van der Waals surface area contributed by atoms with Crippen molar-refractivity contribution in [2.45, 2.75) is 117 Å². The molecule has 0 bridgehead atoms. The number of ether oxygens (including phenoxy) is 2. The molecule has 4 N–H and O–H groups in total. The Kier molecular flexibility index (Phi) is 10.8. The Morgan fingerprint density at radius 3 is 1.97 bits per heavy atom. The minimum absolute atomic E-state index is 0.167. The van der Waals surface area contributed by atoms with Gasteiger partial charge in [-0.1, -0.05) is 26.7 Å². The van der Waals surface area contributed by atoms with Crippen molar-refractivity contribution in [3.8, 4) is 0 Å². The fraction of sp³-hybridized carbons (Fsp3) is 0.833. The molecule has 196 valence electrons. The topological polar surface area (TPSA) is 135 Å². The fourth-order valence-corrected chi connectivity index (χ4v) is 4.07. The molecule has 1 saturated heterocycles. The van der Waals surface area contributed by atoms with Gasteiger partial charge in [-0.3, -0.25) is 25.1 Å². The summed E-state index contributed by atoms with van der Waals surface area (Å²) in [5.41, 5.74) is 3.27. The van der Waals surface area contributed by atoms with Crippen LogP contribution in [-0.2, 0) is 23.9 Å². The first-order valence-electron chi connectivity index (χ1n) is 12.1. The van der Waals surface area contributed by atoms with Crippen LogP contribution in [0.15, 0.2) is 0 Å². The van der Waals surface area contributed by atoms with Gasteiger partial charge in [0.1, 0.15) is 17.2 Å². The molecular weight excluding hydrogens is 440 g/mol. The van der Waals surface area contributed by atoms with Gasteiger partial charge in [0.2, 0.25) is 11.8 Å². The number of hydrogen-bond acceptors (Lipinski definition) is 7. The number of esters is 1. The van der Waals surface area contributed by atoms with Gasteiger partial charge in [0.25, 0.3) is 0 Å². The first-order chi connectivity index (χ1) is 15.6. The summed E-state index contributed by atoms with van der Waals surface area (Å²) in [4.78, 5) is 49.9. The average Bonchev–Trinajstić information content (AvgIpc) is 3.12. The van der Waals surface area contributed by atoms with Gasteiger partial charge >= 0.3 is 12.1 Å². The SMILES string of the molecule is CCC(CC)C[C@H](NC(C)=O)[C@@H]1N[C@@H](C(=O)OC(C)(C)C)C[C@H]1C(=O)NNC(=O)OC(C)(C)C. The molecule has 0 aliphatic carbocycles. The largest absolute Gasteiger partial charge is 0.459 e. The second-order valence-electron chi connectivity index (χ2n) is 11.0. The van der Waals surface area contributed by atoms with E-state index in [1.165, 1.54) is 6.92 Å². The first kappa shape index (κ1) is 29.7. The van der Waals surface area contributed by atoms with Crippen molar-refractivity contribution in [1.29, 1.82) is 0 Å². The zero-order chi connectivity index (χ0) is 26.3. The summed E-state index contributed by atoms with van der Waals surface area (Å²) in [7, 11) is 0. The second kappa shape index (κ2) is 12.4. The Morgan fingerprint density at radius 1 is 0.941 bits per heavy atom. The lowest BCUT2D eigenvalue weighted by molar-refractivity contribution is -0.157.